The molecule has 0 aromatic heterocycles. The molecule has 0 saturated carbocycles. The summed E-state index contributed by atoms with van der Waals surface area (Å²) in [4.78, 5) is 13.2. The molecule has 0 saturated heterocycles. The molecule has 3 aromatic rings. The molecule has 3 aromatic carbocycles. The number of nitrogens with one attached hydrogen (secondary N) is 1. The van der Waals surface area contributed by atoms with Gasteiger partial charge in [0, 0.05) is 11.6 Å². The van der Waals surface area contributed by atoms with Crippen LogP contribution in [0.2, 0.25) is 0 Å². The number of ether oxygens (including phenoxy) is 2. The highest BCUT2D eigenvalue weighted by Gasteiger charge is 2.67. The molecule has 204 valence electrons. The number of carbonyl (C=O) groups is 1. The second kappa shape index (κ2) is 9.83. The zero-order valence-electron chi connectivity index (χ0n) is 20.3. The normalized spacial score (nSPS) is 18.9. The van der Waals surface area contributed by atoms with E-state index in [0.29, 0.717) is 11.3 Å². The molecule has 2 amide bonds. The highest BCUT2D eigenvalue weighted by molar-refractivity contribution is 6.08. The molecule has 39 heavy (non-hydrogen) atoms. The Hall–Kier alpha value is -4.22. The average molecular weight is 549 g/mol. The SMILES string of the molecule is CCc1cc(NC(=O)N2CC(c3ccccc3)C(c3ccc(OC(F)F)cc3)=N2)cc2c1OC(F)(F)C2(F)F. The van der Waals surface area contributed by atoms with Crippen molar-refractivity contribution in [3.8, 4) is 11.5 Å². The Morgan fingerprint density at radius 2 is 1.79 bits per heavy atom. The van der Waals surface area contributed by atoms with Gasteiger partial charge in [-0.1, -0.05) is 37.3 Å². The molecule has 0 spiro atoms. The van der Waals surface area contributed by atoms with Gasteiger partial charge in [-0.05, 0) is 59.5 Å². The predicted octanol–water partition coefficient (Wildman–Crippen LogP) is 6.96. The molecule has 1 N–H and O–H groups in total. The van der Waals surface area contributed by atoms with Crippen molar-refractivity contribution in [1.29, 1.82) is 0 Å². The second-order valence-electron chi connectivity index (χ2n) is 8.92. The average Bonchev–Trinajstić information content (AvgIpc) is 3.42. The van der Waals surface area contributed by atoms with Crippen LogP contribution >= 0.6 is 0 Å². The lowest BCUT2D eigenvalue weighted by Gasteiger charge is -2.17. The number of amides is 2. The van der Waals surface area contributed by atoms with Crippen molar-refractivity contribution < 1.29 is 40.6 Å². The number of nitrogens with zero attached hydrogens (tertiary/aromatic N) is 2. The Morgan fingerprint density at radius 3 is 2.44 bits per heavy atom. The Kier molecular flexibility index (Phi) is 6.65. The number of anilines is 1. The van der Waals surface area contributed by atoms with E-state index in [1.807, 2.05) is 30.3 Å². The molecule has 5 rings (SSSR count). The molecule has 1 unspecified atom stereocenters. The van der Waals surface area contributed by atoms with Gasteiger partial charge in [-0.3, -0.25) is 0 Å². The number of hydrogen-bond donors (Lipinski definition) is 1. The molecule has 2 aliphatic rings. The van der Waals surface area contributed by atoms with Gasteiger partial charge >= 0.3 is 24.7 Å². The van der Waals surface area contributed by atoms with Crippen LogP contribution in [-0.4, -0.2) is 36.0 Å². The Labute approximate surface area is 218 Å². The first-order valence-electron chi connectivity index (χ1n) is 11.9. The number of halogens is 6. The minimum Gasteiger partial charge on any atom is -0.435 e. The van der Waals surface area contributed by atoms with Gasteiger partial charge in [-0.15, -0.1) is 0 Å². The molecule has 6 nitrogen and oxygen atoms in total. The fraction of sp³-hybridized carbons (Fsp3) is 0.259. The number of alkyl halides is 6. The first kappa shape index (κ1) is 26.4. The number of rotatable bonds is 6. The quantitative estimate of drug-likeness (QED) is 0.338. The third kappa shape index (κ3) is 4.86. The zero-order valence-corrected chi connectivity index (χ0v) is 20.3. The van der Waals surface area contributed by atoms with E-state index in [0.717, 1.165) is 16.6 Å². The predicted molar refractivity (Wildman–Crippen MR) is 130 cm³/mol. The summed E-state index contributed by atoms with van der Waals surface area (Å²) in [7, 11) is 0. The van der Waals surface area contributed by atoms with E-state index in [9.17, 15) is 31.1 Å². The summed E-state index contributed by atoms with van der Waals surface area (Å²) in [5, 5.41) is 7.99. The van der Waals surface area contributed by atoms with Gasteiger partial charge in [0.2, 0.25) is 0 Å². The van der Waals surface area contributed by atoms with E-state index in [1.54, 1.807) is 6.92 Å². The van der Waals surface area contributed by atoms with Crippen LogP contribution < -0.4 is 14.8 Å². The van der Waals surface area contributed by atoms with Crippen molar-refractivity contribution in [2.24, 2.45) is 5.10 Å². The highest BCUT2D eigenvalue weighted by atomic mass is 19.3. The smallest absolute Gasteiger partial charge is 0.435 e. The number of carbonyl (C=O) groups excluding carboxylic acids is 1. The summed E-state index contributed by atoms with van der Waals surface area (Å²) < 4.78 is 90.1. The van der Waals surface area contributed by atoms with E-state index < -0.39 is 41.9 Å². The van der Waals surface area contributed by atoms with Crippen LogP contribution in [0, 0.1) is 0 Å². The maximum absolute atomic E-state index is 14.4. The fourth-order valence-electron chi connectivity index (χ4n) is 4.56. The molecule has 0 aliphatic carbocycles. The standard InChI is InChI=1S/C27H21F6N3O3/c1-2-15-12-18(13-21-23(15)39-27(32,33)26(21,30)31)34-25(37)36-14-20(16-6-4-3-5-7-16)22(35-36)17-8-10-19(11-9-17)38-24(28)29/h3-13,20,24H,2,14H2,1H3,(H,34,37). The van der Waals surface area contributed by atoms with Crippen molar-refractivity contribution in [1.82, 2.24) is 5.01 Å². The van der Waals surface area contributed by atoms with Crippen molar-refractivity contribution in [3.63, 3.8) is 0 Å². The molecule has 12 heteroatoms. The van der Waals surface area contributed by atoms with Gasteiger partial charge in [0.15, 0.2) is 0 Å². The van der Waals surface area contributed by atoms with Crippen LogP contribution in [0.3, 0.4) is 0 Å². The number of aryl methyl sites for hydroxylation is 1. The zero-order chi connectivity index (χ0) is 27.9. The van der Waals surface area contributed by atoms with Crippen molar-refractivity contribution >= 4 is 17.4 Å². The summed E-state index contributed by atoms with van der Waals surface area (Å²) in [5.41, 5.74) is 0.780. The Balaban J connectivity index is 1.44. The second-order valence-corrected chi connectivity index (χ2v) is 8.92. The number of urea groups is 1. The molecule has 2 aliphatic heterocycles. The first-order chi connectivity index (χ1) is 18.5. The van der Waals surface area contributed by atoms with Gasteiger partial charge in [0.05, 0.1) is 17.8 Å². The summed E-state index contributed by atoms with van der Waals surface area (Å²) in [6.45, 7) is -1.33. The van der Waals surface area contributed by atoms with Crippen LogP contribution in [-0.2, 0) is 12.3 Å². The Morgan fingerprint density at radius 1 is 1.10 bits per heavy atom. The molecule has 1 atom stereocenters. The number of benzene rings is 3. The number of hydrazone groups is 1. The van der Waals surface area contributed by atoms with Crippen LogP contribution in [0.25, 0.3) is 0 Å². The molecule has 2 heterocycles. The van der Waals surface area contributed by atoms with E-state index in [2.05, 4.69) is 19.9 Å². The van der Waals surface area contributed by atoms with Crippen molar-refractivity contribution in [2.45, 2.75) is 37.9 Å². The summed E-state index contributed by atoms with van der Waals surface area (Å²) in [6, 6.07) is 16.2. The molecule has 0 bridgehead atoms. The molecular weight excluding hydrogens is 528 g/mol. The van der Waals surface area contributed by atoms with Crippen molar-refractivity contribution in [3.05, 3.63) is 89.0 Å². The summed E-state index contributed by atoms with van der Waals surface area (Å²) in [6.07, 6.45) is -4.61. The lowest BCUT2D eigenvalue weighted by atomic mass is 9.90. The van der Waals surface area contributed by atoms with Crippen molar-refractivity contribution in [2.75, 3.05) is 11.9 Å². The monoisotopic (exact) mass is 549 g/mol. The lowest BCUT2D eigenvalue weighted by molar-refractivity contribution is -0.296. The minimum atomic E-state index is -4.71. The van der Waals surface area contributed by atoms with E-state index in [-0.39, 0.29) is 30.0 Å². The van der Waals surface area contributed by atoms with Crippen LogP contribution in [0.15, 0.2) is 71.8 Å². The van der Waals surface area contributed by atoms with Gasteiger partial charge in [0.1, 0.15) is 11.5 Å². The van der Waals surface area contributed by atoms with Gasteiger partial charge < -0.3 is 14.8 Å². The molecular formula is C27H21F6N3O3. The summed E-state index contributed by atoms with van der Waals surface area (Å²) in [5.74, 6) is -5.63. The van der Waals surface area contributed by atoms with Gasteiger partial charge in [-0.25, -0.2) is 9.80 Å². The fourth-order valence-corrected chi connectivity index (χ4v) is 4.56. The maximum atomic E-state index is 14.4. The van der Waals surface area contributed by atoms with Crippen LogP contribution in [0.4, 0.5) is 36.8 Å². The highest BCUT2D eigenvalue weighted by Crippen LogP contribution is 2.55. The topological polar surface area (TPSA) is 63.2 Å². The van der Waals surface area contributed by atoms with E-state index >= 15 is 0 Å². The van der Waals surface area contributed by atoms with Gasteiger partial charge in [0.25, 0.3) is 0 Å². The maximum Gasteiger partial charge on any atom is 0.469 e. The third-order valence-electron chi connectivity index (χ3n) is 6.46. The van der Waals surface area contributed by atoms with Crippen LogP contribution in [0.1, 0.15) is 35.1 Å². The Bertz CT molecular complexity index is 1410. The largest absolute Gasteiger partial charge is 0.469 e. The number of fused-ring (bicyclic) bond motifs is 1. The number of hydrogen-bond acceptors (Lipinski definition) is 4. The van der Waals surface area contributed by atoms with Gasteiger partial charge in [-0.2, -0.15) is 31.4 Å². The first-order valence-corrected chi connectivity index (χ1v) is 11.9. The molecule has 0 fully saturated rings. The molecule has 0 radical (unpaired) electrons. The lowest BCUT2D eigenvalue weighted by Crippen LogP contribution is -2.37. The summed E-state index contributed by atoms with van der Waals surface area (Å²) >= 11 is 0. The van der Waals surface area contributed by atoms with E-state index in [4.69, 9.17) is 0 Å². The van der Waals surface area contributed by atoms with Crippen LogP contribution in [0.5, 0.6) is 11.5 Å². The minimum absolute atomic E-state index is 0.0482. The third-order valence-corrected chi connectivity index (χ3v) is 6.46. The van der Waals surface area contributed by atoms with E-state index in [1.165, 1.54) is 30.3 Å².